The molecule has 0 amide bonds. The molecular weight excluding hydrogens is 186 g/mol. The summed E-state index contributed by atoms with van der Waals surface area (Å²) in [6, 6.07) is 0. The number of nitrogens with zero attached hydrogens (tertiary/aromatic N) is 2. The molecule has 0 aliphatic heterocycles. The molecule has 1 aromatic heterocycles. The van der Waals surface area contributed by atoms with E-state index >= 15 is 0 Å². The fraction of sp³-hybridized carbons (Fsp3) is 0.750. The Kier molecular flexibility index (Phi) is 1.93. The fourth-order valence-electron chi connectivity index (χ4n) is 3.35. The van der Waals surface area contributed by atoms with Crippen LogP contribution in [0.5, 0.6) is 0 Å². The maximum absolute atomic E-state index is 5.75. The van der Waals surface area contributed by atoms with E-state index in [0.717, 1.165) is 13.0 Å². The molecule has 1 atom stereocenters. The molecule has 1 unspecified atom stereocenters. The predicted octanol–water partition coefficient (Wildman–Crippen LogP) is 1.58. The van der Waals surface area contributed by atoms with Crippen LogP contribution < -0.4 is 5.73 Å². The molecule has 3 heteroatoms. The summed E-state index contributed by atoms with van der Waals surface area (Å²) < 4.78 is 2.08. The molecule has 0 bridgehead atoms. The second-order valence-electron chi connectivity index (χ2n) is 5.17. The van der Waals surface area contributed by atoms with Gasteiger partial charge < -0.3 is 5.73 Å². The molecule has 1 fully saturated rings. The van der Waals surface area contributed by atoms with Crippen molar-refractivity contribution in [2.24, 2.45) is 18.2 Å². The molecule has 1 heterocycles. The van der Waals surface area contributed by atoms with Gasteiger partial charge in [-0.05, 0) is 49.6 Å². The van der Waals surface area contributed by atoms with Crippen LogP contribution in [0.1, 0.15) is 42.9 Å². The van der Waals surface area contributed by atoms with Crippen LogP contribution in [0, 0.1) is 5.41 Å². The van der Waals surface area contributed by atoms with Crippen molar-refractivity contribution in [3.8, 4) is 0 Å². The Balaban J connectivity index is 2.02. The van der Waals surface area contributed by atoms with Gasteiger partial charge in [0.2, 0.25) is 0 Å². The number of hydrogen-bond donors (Lipinski definition) is 1. The SMILES string of the molecule is Cn1ncc2c1C(CCN)C1(CC2)CC1. The Morgan fingerprint density at radius 1 is 1.53 bits per heavy atom. The monoisotopic (exact) mass is 205 g/mol. The first-order valence-electron chi connectivity index (χ1n) is 5.98. The topological polar surface area (TPSA) is 43.8 Å². The van der Waals surface area contributed by atoms with E-state index in [4.69, 9.17) is 5.73 Å². The highest BCUT2D eigenvalue weighted by molar-refractivity contribution is 5.31. The zero-order chi connectivity index (χ0) is 10.5. The smallest absolute Gasteiger partial charge is 0.0524 e. The molecule has 1 saturated carbocycles. The van der Waals surface area contributed by atoms with Crippen LogP contribution in [-0.2, 0) is 13.5 Å². The van der Waals surface area contributed by atoms with Gasteiger partial charge in [0.15, 0.2) is 0 Å². The molecule has 1 aromatic rings. The zero-order valence-electron chi connectivity index (χ0n) is 9.37. The lowest BCUT2D eigenvalue weighted by Crippen LogP contribution is -2.26. The molecule has 15 heavy (non-hydrogen) atoms. The van der Waals surface area contributed by atoms with E-state index in [1.807, 2.05) is 6.20 Å². The predicted molar refractivity (Wildman–Crippen MR) is 59.6 cm³/mol. The molecule has 0 aromatic carbocycles. The third kappa shape index (κ3) is 1.26. The highest BCUT2D eigenvalue weighted by Crippen LogP contribution is 2.62. The summed E-state index contributed by atoms with van der Waals surface area (Å²) in [6.07, 6.45) is 8.58. The van der Waals surface area contributed by atoms with E-state index in [1.54, 1.807) is 0 Å². The maximum Gasteiger partial charge on any atom is 0.0524 e. The minimum atomic E-state index is 0.611. The fourth-order valence-corrected chi connectivity index (χ4v) is 3.35. The molecule has 0 saturated heterocycles. The minimum Gasteiger partial charge on any atom is -0.330 e. The summed E-state index contributed by atoms with van der Waals surface area (Å²) >= 11 is 0. The minimum absolute atomic E-state index is 0.611. The van der Waals surface area contributed by atoms with Crippen molar-refractivity contribution < 1.29 is 0 Å². The lowest BCUT2D eigenvalue weighted by atomic mass is 9.74. The van der Waals surface area contributed by atoms with Gasteiger partial charge in [-0.15, -0.1) is 0 Å². The van der Waals surface area contributed by atoms with Gasteiger partial charge in [-0.25, -0.2) is 0 Å². The lowest BCUT2D eigenvalue weighted by molar-refractivity contribution is 0.319. The largest absolute Gasteiger partial charge is 0.330 e. The average Bonchev–Trinajstić information content (AvgIpc) is 2.91. The number of fused-ring (bicyclic) bond motifs is 1. The van der Waals surface area contributed by atoms with Gasteiger partial charge in [0.1, 0.15) is 0 Å². The molecule has 82 valence electrons. The number of aryl methyl sites for hydroxylation is 2. The van der Waals surface area contributed by atoms with E-state index < -0.39 is 0 Å². The first-order valence-corrected chi connectivity index (χ1v) is 5.98. The molecule has 2 N–H and O–H groups in total. The van der Waals surface area contributed by atoms with Gasteiger partial charge in [-0.2, -0.15) is 5.10 Å². The van der Waals surface area contributed by atoms with Gasteiger partial charge >= 0.3 is 0 Å². The Hall–Kier alpha value is -0.830. The van der Waals surface area contributed by atoms with Gasteiger partial charge in [0.05, 0.1) is 6.20 Å². The van der Waals surface area contributed by atoms with Crippen LogP contribution in [0.15, 0.2) is 6.20 Å². The summed E-state index contributed by atoms with van der Waals surface area (Å²) in [5.41, 5.74) is 9.31. The van der Waals surface area contributed by atoms with Crippen LogP contribution in [0.4, 0.5) is 0 Å². The standard InChI is InChI=1S/C12H19N3/c1-15-11-9(8-14-15)2-4-12(5-6-12)10(11)3-7-13/h8,10H,2-7,13H2,1H3. The van der Waals surface area contributed by atoms with Crippen molar-refractivity contribution in [1.82, 2.24) is 9.78 Å². The summed E-state index contributed by atoms with van der Waals surface area (Å²) in [4.78, 5) is 0. The van der Waals surface area contributed by atoms with Crippen LogP contribution in [0.3, 0.4) is 0 Å². The molecule has 2 aliphatic rings. The third-order valence-electron chi connectivity index (χ3n) is 4.37. The quantitative estimate of drug-likeness (QED) is 0.796. The number of rotatable bonds is 2. The van der Waals surface area contributed by atoms with Gasteiger partial charge in [-0.1, -0.05) is 0 Å². The Morgan fingerprint density at radius 3 is 3.00 bits per heavy atom. The Morgan fingerprint density at radius 2 is 2.33 bits per heavy atom. The van der Waals surface area contributed by atoms with E-state index in [-0.39, 0.29) is 0 Å². The summed E-state index contributed by atoms with van der Waals surface area (Å²) in [5, 5.41) is 4.40. The van der Waals surface area contributed by atoms with E-state index in [9.17, 15) is 0 Å². The van der Waals surface area contributed by atoms with E-state index in [1.165, 1.54) is 36.9 Å². The molecular formula is C12H19N3. The molecule has 0 radical (unpaired) electrons. The highest BCUT2D eigenvalue weighted by atomic mass is 15.3. The third-order valence-corrected chi connectivity index (χ3v) is 4.37. The van der Waals surface area contributed by atoms with Crippen molar-refractivity contribution in [3.05, 3.63) is 17.5 Å². The molecule has 1 spiro atoms. The van der Waals surface area contributed by atoms with Crippen LogP contribution >= 0.6 is 0 Å². The van der Waals surface area contributed by atoms with Crippen LogP contribution in [-0.4, -0.2) is 16.3 Å². The van der Waals surface area contributed by atoms with Crippen molar-refractivity contribution in [1.29, 1.82) is 0 Å². The molecule has 3 rings (SSSR count). The molecule has 2 aliphatic carbocycles. The van der Waals surface area contributed by atoms with E-state index in [2.05, 4.69) is 16.8 Å². The maximum atomic E-state index is 5.75. The van der Waals surface area contributed by atoms with Crippen LogP contribution in [0.2, 0.25) is 0 Å². The van der Waals surface area contributed by atoms with Crippen LogP contribution in [0.25, 0.3) is 0 Å². The first kappa shape index (κ1) is 9.40. The molecule has 3 nitrogen and oxygen atoms in total. The second kappa shape index (κ2) is 3.08. The average molecular weight is 205 g/mol. The van der Waals surface area contributed by atoms with Crippen molar-refractivity contribution in [2.75, 3.05) is 6.54 Å². The lowest BCUT2D eigenvalue weighted by Gasteiger charge is -2.32. The van der Waals surface area contributed by atoms with Crippen molar-refractivity contribution >= 4 is 0 Å². The number of nitrogens with two attached hydrogens (primary N) is 1. The normalized spacial score (nSPS) is 26.7. The van der Waals surface area contributed by atoms with Gasteiger partial charge in [0, 0.05) is 18.7 Å². The summed E-state index contributed by atoms with van der Waals surface area (Å²) in [6.45, 7) is 0.803. The Labute approximate surface area is 90.7 Å². The van der Waals surface area contributed by atoms with Crippen molar-refractivity contribution in [2.45, 2.75) is 38.0 Å². The Bertz CT molecular complexity index is 376. The van der Waals surface area contributed by atoms with Gasteiger partial charge in [0.25, 0.3) is 0 Å². The van der Waals surface area contributed by atoms with E-state index in [0.29, 0.717) is 11.3 Å². The van der Waals surface area contributed by atoms with Crippen molar-refractivity contribution in [3.63, 3.8) is 0 Å². The highest BCUT2D eigenvalue weighted by Gasteiger charge is 2.52. The number of aromatic nitrogens is 2. The first-order chi connectivity index (χ1) is 7.27. The summed E-state index contributed by atoms with van der Waals surface area (Å²) in [7, 11) is 2.07. The number of hydrogen-bond acceptors (Lipinski definition) is 2. The zero-order valence-corrected chi connectivity index (χ0v) is 9.37. The summed E-state index contributed by atoms with van der Waals surface area (Å²) in [5.74, 6) is 0.679. The van der Waals surface area contributed by atoms with Gasteiger partial charge in [-0.3, -0.25) is 4.68 Å². The second-order valence-corrected chi connectivity index (χ2v) is 5.17.